The van der Waals surface area contributed by atoms with Gasteiger partial charge in [-0.3, -0.25) is 4.79 Å². The SMILES string of the molecule is CCCc1cncnc1-c1ccc2c(c1)CCCN2C(=O)c1ccc(O)cc1O. The molecule has 0 radical (unpaired) electrons. The van der Waals surface area contributed by atoms with E-state index >= 15 is 0 Å². The summed E-state index contributed by atoms with van der Waals surface area (Å²) in [6.45, 7) is 2.71. The molecule has 0 saturated heterocycles. The molecule has 3 aromatic rings. The van der Waals surface area contributed by atoms with Gasteiger partial charge in [0.05, 0.1) is 11.3 Å². The van der Waals surface area contributed by atoms with Crippen LogP contribution in [0.15, 0.2) is 48.9 Å². The van der Waals surface area contributed by atoms with Crippen molar-refractivity contribution in [3.63, 3.8) is 0 Å². The summed E-state index contributed by atoms with van der Waals surface area (Å²) in [6, 6.07) is 10.1. The van der Waals surface area contributed by atoms with Crippen molar-refractivity contribution >= 4 is 11.6 Å². The van der Waals surface area contributed by atoms with Gasteiger partial charge in [0.25, 0.3) is 5.91 Å². The van der Waals surface area contributed by atoms with Gasteiger partial charge in [-0.15, -0.1) is 0 Å². The molecule has 4 rings (SSSR count). The number of phenolic OH excluding ortho intramolecular Hbond substituents is 2. The van der Waals surface area contributed by atoms with Gasteiger partial charge in [-0.1, -0.05) is 19.4 Å². The Kier molecular flexibility index (Phi) is 5.16. The van der Waals surface area contributed by atoms with Crippen LogP contribution in [0.1, 0.15) is 41.3 Å². The number of carbonyl (C=O) groups is 1. The molecule has 1 aromatic heterocycles. The van der Waals surface area contributed by atoms with Crippen LogP contribution in [0.25, 0.3) is 11.3 Å². The van der Waals surface area contributed by atoms with E-state index in [1.165, 1.54) is 18.2 Å². The summed E-state index contributed by atoms with van der Waals surface area (Å²) in [5.74, 6) is -0.565. The molecule has 0 aliphatic carbocycles. The number of aromatic hydroxyl groups is 2. The second-order valence-electron chi connectivity index (χ2n) is 7.25. The number of aromatic nitrogens is 2. The smallest absolute Gasteiger partial charge is 0.262 e. The summed E-state index contributed by atoms with van der Waals surface area (Å²) in [7, 11) is 0. The highest BCUT2D eigenvalue weighted by molar-refractivity contribution is 6.08. The predicted molar refractivity (Wildman–Crippen MR) is 111 cm³/mol. The predicted octanol–water partition coefficient (Wildman–Crippen LogP) is 4.10. The minimum Gasteiger partial charge on any atom is -0.508 e. The molecule has 0 unspecified atom stereocenters. The first kappa shape index (κ1) is 18.9. The van der Waals surface area contributed by atoms with Gasteiger partial charge >= 0.3 is 0 Å². The third-order valence-electron chi connectivity index (χ3n) is 5.24. The Morgan fingerprint density at radius 1 is 1.17 bits per heavy atom. The van der Waals surface area contributed by atoms with E-state index < -0.39 is 0 Å². The minimum absolute atomic E-state index is 0.0736. The first-order valence-electron chi connectivity index (χ1n) is 9.84. The molecule has 148 valence electrons. The second kappa shape index (κ2) is 7.91. The Labute approximate surface area is 169 Å². The Morgan fingerprint density at radius 2 is 2.03 bits per heavy atom. The van der Waals surface area contributed by atoms with Crippen LogP contribution in [0.5, 0.6) is 11.5 Å². The van der Waals surface area contributed by atoms with Gasteiger partial charge in [-0.25, -0.2) is 9.97 Å². The summed E-state index contributed by atoms with van der Waals surface area (Å²) >= 11 is 0. The molecule has 0 atom stereocenters. The molecular formula is C23H23N3O3. The number of carbonyl (C=O) groups excluding carboxylic acids is 1. The topological polar surface area (TPSA) is 86.6 Å². The summed E-state index contributed by atoms with van der Waals surface area (Å²) in [5.41, 5.74) is 5.19. The molecule has 0 fully saturated rings. The molecule has 6 nitrogen and oxygen atoms in total. The van der Waals surface area contributed by atoms with Gasteiger partial charge < -0.3 is 15.1 Å². The van der Waals surface area contributed by atoms with E-state index in [2.05, 4.69) is 23.0 Å². The number of phenols is 2. The fraction of sp³-hybridized carbons (Fsp3) is 0.261. The van der Waals surface area contributed by atoms with E-state index in [-0.39, 0.29) is 23.0 Å². The van der Waals surface area contributed by atoms with Crippen molar-refractivity contribution in [1.29, 1.82) is 0 Å². The number of rotatable bonds is 4. The quantitative estimate of drug-likeness (QED) is 0.702. The van der Waals surface area contributed by atoms with Crippen LogP contribution < -0.4 is 4.90 Å². The number of nitrogens with zero attached hydrogens (tertiary/aromatic N) is 3. The maximum absolute atomic E-state index is 13.1. The average Bonchev–Trinajstić information content (AvgIpc) is 2.73. The Hall–Kier alpha value is -3.41. The van der Waals surface area contributed by atoms with Crippen molar-refractivity contribution in [3.8, 4) is 22.8 Å². The minimum atomic E-state index is -0.273. The zero-order valence-electron chi connectivity index (χ0n) is 16.3. The Morgan fingerprint density at radius 3 is 2.83 bits per heavy atom. The monoisotopic (exact) mass is 389 g/mol. The Bertz CT molecular complexity index is 1060. The third-order valence-corrected chi connectivity index (χ3v) is 5.24. The van der Waals surface area contributed by atoms with Gasteiger partial charge in [-0.05, 0) is 54.7 Å². The van der Waals surface area contributed by atoms with Crippen LogP contribution in [0.3, 0.4) is 0 Å². The zero-order chi connectivity index (χ0) is 20.4. The average molecular weight is 389 g/mol. The third kappa shape index (κ3) is 3.66. The molecule has 0 spiro atoms. The van der Waals surface area contributed by atoms with E-state index in [0.29, 0.717) is 6.54 Å². The van der Waals surface area contributed by atoms with Gasteiger partial charge in [0.1, 0.15) is 17.8 Å². The lowest BCUT2D eigenvalue weighted by Gasteiger charge is -2.30. The van der Waals surface area contributed by atoms with Crippen molar-refractivity contribution < 1.29 is 15.0 Å². The van der Waals surface area contributed by atoms with Crippen LogP contribution in [-0.2, 0) is 12.8 Å². The molecule has 1 aliphatic rings. The maximum atomic E-state index is 13.1. The number of fused-ring (bicyclic) bond motifs is 1. The van der Waals surface area contributed by atoms with Crippen LogP contribution in [-0.4, -0.2) is 32.6 Å². The van der Waals surface area contributed by atoms with Gasteiger partial charge in [0.2, 0.25) is 0 Å². The number of aryl methyl sites for hydroxylation is 2. The highest BCUT2D eigenvalue weighted by Gasteiger charge is 2.26. The second-order valence-corrected chi connectivity index (χ2v) is 7.25. The highest BCUT2D eigenvalue weighted by atomic mass is 16.3. The van der Waals surface area contributed by atoms with Gasteiger partial charge in [-0.2, -0.15) is 0 Å². The van der Waals surface area contributed by atoms with Crippen molar-refractivity contribution in [1.82, 2.24) is 9.97 Å². The lowest BCUT2D eigenvalue weighted by Crippen LogP contribution is -2.35. The summed E-state index contributed by atoms with van der Waals surface area (Å²) < 4.78 is 0. The molecule has 1 amide bonds. The Balaban J connectivity index is 1.70. The summed E-state index contributed by atoms with van der Waals surface area (Å²) in [4.78, 5) is 23.4. The molecule has 0 saturated carbocycles. The molecule has 0 bridgehead atoms. The zero-order valence-corrected chi connectivity index (χ0v) is 16.3. The van der Waals surface area contributed by atoms with E-state index in [9.17, 15) is 15.0 Å². The number of anilines is 1. The van der Waals surface area contributed by atoms with Crippen LogP contribution in [0.2, 0.25) is 0 Å². The first-order valence-corrected chi connectivity index (χ1v) is 9.84. The lowest BCUT2D eigenvalue weighted by molar-refractivity contribution is 0.0982. The molecule has 2 aromatic carbocycles. The highest BCUT2D eigenvalue weighted by Crippen LogP contribution is 2.34. The van der Waals surface area contributed by atoms with Crippen molar-refractivity contribution in [2.24, 2.45) is 0 Å². The van der Waals surface area contributed by atoms with E-state index in [0.717, 1.165) is 53.8 Å². The normalized spacial score (nSPS) is 13.2. The van der Waals surface area contributed by atoms with Crippen molar-refractivity contribution in [3.05, 3.63) is 65.6 Å². The fourth-order valence-corrected chi connectivity index (χ4v) is 3.87. The van der Waals surface area contributed by atoms with E-state index in [4.69, 9.17) is 0 Å². The van der Waals surface area contributed by atoms with Crippen LogP contribution >= 0.6 is 0 Å². The summed E-state index contributed by atoms with van der Waals surface area (Å²) in [6.07, 6.45) is 7.09. The van der Waals surface area contributed by atoms with Crippen molar-refractivity contribution in [2.45, 2.75) is 32.6 Å². The number of hydrogen-bond acceptors (Lipinski definition) is 5. The standard InChI is InChI=1S/C23H23N3O3/c1-2-4-17-13-24-14-25-22(17)16-6-9-20-15(11-16)5-3-10-26(20)23(29)19-8-7-18(27)12-21(19)28/h6-9,11-14,27-28H,2-5,10H2,1H3. The molecular weight excluding hydrogens is 366 g/mol. The first-order chi connectivity index (χ1) is 14.1. The van der Waals surface area contributed by atoms with Gasteiger partial charge in [0.15, 0.2) is 0 Å². The summed E-state index contributed by atoms with van der Waals surface area (Å²) in [5, 5.41) is 19.6. The van der Waals surface area contributed by atoms with Crippen LogP contribution in [0, 0.1) is 0 Å². The number of benzene rings is 2. The number of amides is 1. The number of hydrogen-bond donors (Lipinski definition) is 2. The van der Waals surface area contributed by atoms with Crippen molar-refractivity contribution in [2.75, 3.05) is 11.4 Å². The fourth-order valence-electron chi connectivity index (χ4n) is 3.87. The lowest BCUT2D eigenvalue weighted by atomic mass is 9.95. The molecule has 2 N–H and O–H groups in total. The van der Waals surface area contributed by atoms with E-state index in [1.54, 1.807) is 11.2 Å². The molecule has 6 heteroatoms. The molecule has 2 heterocycles. The van der Waals surface area contributed by atoms with Crippen LogP contribution in [0.4, 0.5) is 5.69 Å². The van der Waals surface area contributed by atoms with E-state index in [1.807, 2.05) is 18.3 Å². The molecule has 29 heavy (non-hydrogen) atoms. The largest absolute Gasteiger partial charge is 0.508 e. The van der Waals surface area contributed by atoms with Gasteiger partial charge in [0, 0.05) is 30.1 Å². The molecule has 1 aliphatic heterocycles. The maximum Gasteiger partial charge on any atom is 0.262 e.